The number of halogens is 1. The standard InChI is InChI=1S/C25H27FO5S2/c1-19(2)17-20-13-15-21(16-14-20)24(18-27)25(26,32(28,29)22-9-5-3-6-10-22)33(30,31)23-11-7-4-8-12-23/h3-16,19,24,27H,17-18H2,1-2H3. The Hall–Kier alpha value is -2.55. The zero-order chi connectivity index (χ0) is 24.3. The summed E-state index contributed by atoms with van der Waals surface area (Å²) in [6.07, 6.45) is 0.746. The summed E-state index contributed by atoms with van der Waals surface area (Å²) in [5.74, 6) is -1.51. The third-order valence-electron chi connectivity index (χ3n) is 5.46. The molecule has 8 heteroatoms. The minimum absolute atomic E-state index is 0.0755. The van der Waals surface area contributed by atoms with E-state index in [0.717, 1.165) is 36.2 Å². The lowest BCUT2D eigenvalue weighted by Gasteiger charge is -2.32. The number of aliphatic hydroxyl groups is 1. The van der Waals surface area contributed by atoms with Gasteiger partial charge in [0.2, 0.25) is 19.7 Å². The van der Waals surface area contributed by atoms with Crippen LogP contribution in [0, 0.1) is 5.92 Å². The van der Waals surface area contributed by atoms with E-state index in [1.165, 1.54) is 36.4 Å². The molecule has 3 rings (SSSR count). The Kier molecular flexibility index (Phi) is 7.41. The Morgan fingerprint density at radius 3 is 1.55 bits per heavy atom. The minimum Gasteiger partial charge on any atom is -0.396 e. The van der Waals surface area contributed by atoms with Crippen molar-refractivity contribution >= 4 is 19.7 Å². The van der Waals surface area contributed by atoms with Gasteiger partial charge in [0.25, 0.3) is 0 Å². The smallest absolute Gasteiger partial charge is 0.326 e. The summed E-state index contributed by atoms with van der Waals surface area (Å²) in [6.45, 7) is 3.05. The Morgan fingerprint density at radius 2 is 1.18 bits per heavy atom. The van der Waals surface area contributed by atoms with Gasteiger partial charge >= 0.3 is 4.33 Å². The fourth-order valence-corrected chi connectivity index (χ4v) is 8.39. The quantitative estimate of drug-likeness (QED) is 0.476. The molecule has 0 saturated carbocycles. The SMILES string of the molecule is CC(C)Cc1ccc(C(CO)C(F)(S(=O)(=O)c2ccccc2)S(=O)(=O)c2ccccc2)cc1. The van der Waals surface area contributed by atoms with Gasteiger partial charge < -0.3 is 5.11 Å². The highest BCUT2D eigenvalue weighted by molar-refractivity contribution is 8.10. The highest BCUT2D eigenvalue weighted by Crippen LogP contribution is 2.47. The first kappa shape index (κ1) is 25.1. The van der Waals surface area contributed by atoms with Gasteiger partial charge in [-0.1, -0.05) is 74.5 Å². The number of rotatable bonds is 9. The molecule has 0 aliphatic rings. The van der Waals surface area contributed by atoms with E-state index in [0.29, 0.717) is 5.92 Å². The van der Waals surface area contributed by atoms with Crippen LogP contribution in [0.1, 0.15) is 30.9 Å². The number of hydrogen-bond acceptors (Lipinski definition) is 5. The van der Waals surface area contributed by atoms with Crippen LogP contribution in [-0.2, 0) is 26.1 Å². The fraction of sp³-hybridized carbons (Fsp3) is 0.280. The molecule has 1 N–H and O–H groups in total. The zero-order valence-electron chi connectivity index (χ0n) is 18.4. The van der Waals surface area contributed by atoms with Crippen molar-refractivity contribution in [1.82, 2.24) is 0 Å². The molecule has 0 amide bonds. The van der Waals surface area contributed by atoms with E-state index < -0.39 is 46.3 Å². The Morgan fingerprint density at radius 1 is 0.758 bits per heavy atom. The first-order valence-corrected chi connectivity index (χ1v) is 13.5. The highest BCUT2D eigenvalue weighted by Gasteiger charge is 2.62. The maximum absolute atomic E-state index is 17.0. The average molecular weight is 491 g/mol. The number of aliphatic hydroxyl groups excluding tert-OH is 1. The maximum atomic E-state index is 17.0. The molecule has 176 valence electrons. The molecule has 0 saturated heterocycles. The lowest BCUT2D eigenvalue weighted by atomic mass is 9.96. The number of benzene rings is 3. The highest BCUT2D eigenvalue weighted by atomic mass is 32.3. The molecule has 5 nitrogen and oxygen atoms in total. The van der Waals surface area contributed by atoms with Crippen molar-refractivity contribution in [3.63, 3.8) is 0 Å². The molecule has 0 heterocycles. The van der Waals surface area contributed by atoms with Crippen molar-refractivity contribution in [1.29, 1.82) is 0 Å². The minimum atomic E-state index is -5.11. The van der Waals surface area contributed by atoms with Crippen LogP contribution in [0.4, 0.5) is 4.39 Å². The molecular formula is C25H27FO5S2. The second kappa shape index (κ2) is 9.75. The van der Waals surface area contributed by atoms with E-state index in [2.05, 4.69) is 0 Å². The molecule has 0 aliphatic carbocycles. The van der Waals surface area contributed by atoms with E-state index in [-0.39, 0.29) is 5.56 Å². The van der Waals surface area contributed by atoms with Crippen molar-refractivity contribution in [3.05, 3.63) is 96.1 Å². The Balaban J connectivity index is 2.26. The van der Waals surface area contributed by atoms with Crippen molar-refractivity contribution < 1.29 is 26.3 Å². The summed E-state index contributed by atoms with van der Waals surface area (Å²) >= 11 is 0. The van der Waals surface area contributed by atoms with Gasteiger partial charge in [0.05, 0.1) is 22.3 Å². The van der Waals surface area contributed by atoms with Gasteiger partial charge in [0, 0.05) is 0 Å². The summed E-state index contributed by atoms with van der Waals surface area (Å²) in [4.78, 5) is -0.969. The normalized spacial score (nSPS) is 13.7. The largest absolute Gasteiger partial charge is 0.396 e. The number of alkyl halides is 1. The van der Waals surface area contributed by atoms with Gasteiger partial charge in [-0.2, -0.15) is 0 Å². The molecule has 0 aliphatic heterocycles. The van der Waals surface area contributed by atoms with Crippen molar-refractivity contribution in [2.75, 3.05) is 6.61 Å². The molecule has 3 aromatic carbocycles. The molecular weight excluding hydrogens is 463 g/mol. The lowest BCUT2D eigenvalue weighted by molar-refractivity contribution is 0.201. The summed E-state index contributed by atoms with van der Waals surface area (Å²) in [5.41, 5.74) is 1.01. The van der Waals surface area contributed by atoms with E-state index in [1.54, 1.807) is 24.3 Å². The molecule has 0 spiro atoms. The van der Waals surface area contributed by atoms with Gasteiger partial charge in [0.1, 0.15) is 0 Å². The fourth-order valence-electron chi connectivity index (χ4n) is 3.81. The monoisotopic (exact) mass is 490 g/mol. The first-order chi connectivity index (χ1) is 15.6. The van der Waals surface area contributed by atoms with Gasteiger partial charge in [-0.3, -0.25) is 0 Å². The molecule has 0 radical (unpaired) electrons. The van der Waals surface area contributed by atoms with Crippen LogP contribution in [0.3, 0.4) is 0 Å². The van der Waals surface area contributed by atoms with E-state index >= 15 is 4.39 Å². The van der Waals surface area contributed by atoms with Gasteiger partial charge in [-0.15, -0.1) is 0 Å². The van der Waals surface area contributed by atoms with Crippen LogP contribution >= 0.6 is 0 Å². The molecule has 0 aromatic heterocycles. The maximum Gasteiger partial charge on any atom is 0.326 e. The van der Waals surface area contributed by atoms with Crippen LogP contribution in [-0.4, -0.2) is 32.9 Å². The predicted octanol–water partition coefficient (Wildman–Crippen LogP) is 4.53. The van der Waals surface area contributed by atoms with Crippen LogP contribution in [0.15, 0.2) is 94.7 Å². The Labute approximate surface area is 194 Å². The van der Waals surface area contributed by atoms with E-state index in [9.17, 15) is 21.9 Å². The second-order valence-electron chi connectivity index (χ2n) is 8.29. The molecule has 33 heavy (non-hydrogen) atoms. The lowest BCUT2D eigenvalue weighted by Crippen LogP contribution is -2.48. The van der Waals surface area contributed by atoms with Crippen LogP contribution in [0.5, 0.6) is 0 Å². The number of hydrogen-bond donors (Lipinski definition) is 1. The average Bonchev–Trinajstić information content (AvgIpc) is 2.81. The van der Waals surface area contributed by atoms with E-state index in [1.807, 2.05) is 13.8 Å². The van der Waals surface area contributed by atoms with Crippen LogP contribution in [0.2, 0.25) is 0 Å². The second-order valence-corrected chi connectivity index (χ2v) is 12.7. The zero-order valence-corrected chi connectivity index (χ0v) is 20.1. The van der Waals surface area contributed by atoms with Crippen molar-refractivity contribution in [3.8, 4) is 0 Å². The third kappa shape index (κ3) is 4.60. The summed E-state index contributed by atoms with van der Waals surface area (Å²) in [7, 11) is -10.2. The molecule has 0 bridgehead atoms. The summed E-state index contributed by atoms with van der Waals surface area (Å²) in [6, 6.07) is 19.6. The van der Waals surface area contributed by atoms with Crippen LogP contribution in [0.25, 0.3) is 0 Å². The molecule has 0 fully saturated rings. The third-order valence-corrected chi connectivity index (χ3v) is 10.6. The van der Waals surface area contributed by atoms with Gasteiger partial charge in [-0.25, -0.2) is 21.2 Å². The first-order valence-electron chi connectivity index (χ1n) is 10.5. The molecule has 3 aromatic rings. The van der Waals surface area contributed by atoms with Gasteiger partial charge in [-0.05, 0) is 47.7 Å². The van der Waals surface area contributed by atoms with E-state index in [4.69, 9.17) is 0 Å². The molecule has 1 atom stereocenters. The molecule has 1 unspecified atom stereocenters. The van der Waals surface area contributed by atoms with Crippen molar-refractivity contribution in [2.45, 2.75) is 40.3 Å². The van der Waals surface area contributed by atoms with Crippen molar-refractivity contribution in [2.24, 2.45) is 5.92 Å². The summed E-state index contributed by atoms with van der Waals surface area (Å²) in [5, 5.41) is 10.2. The van der Waals surface area contributed by atoms with Gasteiger partial charge in [0.15, 0.2) is 0 Å². The van der Waals surface area contributed by atoms with Crippen LogP contribution < -0.4 is 0 Å². The predicted molar refractivity (Wildman–Crippen MR) is 126 cm³/mol. The Bertz CT molecular complexity index is 1200. The summed E-state index contributed by atoms with van der Waals surface area (Å²) < 4.78 is 67.6. The topological polar surface area (TPSA) is 88.5 Å². The number of sulfone groups is 2.